The van der Waals surface area contributed by atoms with Crippen LogP contribution in [0.25, 0.3) is 0 Å². The van der Waals surface area contributed by atoms with Crippen LogP contribution in [0.3, 0.4) is 0 Å². The summed E-state index contributed by atoms with van der Waals surface area (Å²) in [6, 6.07) is 6.39. The lowest BCUT2D eigenvalue weighted by atomic mass is 9.79. The lowest BCUT2D eigenvalue weighted by molar-refractivity contribution is -0.149. The van der Waals surface area contributed by atoms with Crippen LogP contribution in [0.15, 0.2) is 24.3 Å². The van der Waals surface area contributed by atoms with Gasteiger partial charge in [-0.2, -0.15) is 11.8 Å². The molecule has 1 aromatic carbocycles. The van der Waals surface area contributed by atoms with Gasteiger partial charge in [0.25, 0.3) is 0 Å². The average Bonchev–Trinajstić information content (AvgIpc) is 2.89. The Balaban J connectivity index is 2.20. The molecule has 2 rings (SSSR count). The standard InChI is InChI=1S/C15H19FO2S/c1-19-10-9-18-14(17)15(7-2-3-8-15)12-5-4-6-13(16)11-12/h4-6,11H,2-3,7-10H2,1H3. The third-order valence-corrected chi connectivity index (χ3v) is 4.32. The Morgan fingerprint density at radius 3 is 2.79 bits per heavy atom. The molecule has 104 valence electrons. The minimum absolute atomic E-state index is 0.190. The van der Waals surface area contributed by atoms with Crippen molar-refractivity contribution < 1.29 is 13.9 Å². The SMILES string of the molecule is CSCCOC(=O)C1(c2cccc(F)c2)CCCC1. The molecule has 19 heavy (non-hydrogen) atoms. The molecule has 1 aromatic rings. The number of hydrogen-bond acceptors (Lipinski definition) is 3. The Labute approximate surface area is 117 Å². The zero-order valence-corrected chi connectivity index (χ0v) is 12.0. The van der Waals surface area contributed by atoms with E-state index in [1.807, 2.05) is 12.3 Å². The van der Waals surface area contributed by atoms with Crippen molar-refractivity contribution in [1.82, 2.24) is 0 Å². The molecule has 0 atom stereocenters. The molecule has 0 saturated heterocycles. The highest BCUT2D eigenvalue weighted by atomic mass is 32.2. The van der Waals surface area contributed by atoms with Crippen LogP contribution in [0.5, 0.6) is 0 Å². The van der Waals surface area contributed by atoms with E-state index in [1.165, 1.54) is 12.1 Å². The molecule has 0 aliphatic heterocycles. The number of carbonyl (C=O) groups is 1. The van der Waals surface area contributed by atoms with Crippen molar-refractivity contribution in [1.29, 1.82) is 0 Å². The van der Waals surface area contributed by atoms with Crippen molar-refractivity contribution in [3.63, 3.8) is 0 Å². The number of thioether (sulfide) groups is 1. The first-order chi connectivity index (χ1) is 9.19. The van der Waals surface area contributed by atoms with Gasteiger partial charge in [-0.15, -0.1) is 0 Å². The van der Waals surface area contributed by atoms with E-state index in [4.69, 9.17) is 4.74 Å². The Kier molecular flexibility index (Phi) is 4.86. The van der Waals surface area contributed by atoms with E-state index in [1.54, 1.807) is 17.8 Å². The Morgan fingerprint density at radius 1 is 1.42 bits per heavy atom. The first-order valence-corrected chi connectivity index (χ1v) is 8.01. The van der Waals surface area contributed by atoms with Crippen LogP contribution in [-0.4, -0.2) is 24.6 Å². The molecular weight excluding hydrogens is 263 g/mol. The first kappa shape index (κ1) is 14.4. The Bertz CT molecular complexity index is 442. The molecule has 0 bridgehead atoms. The predicted octanol–water partition coefficient (Wildman–Crippen LogP) is 3.54. The summed E-state index contributed by atoms with van der Waals surface area (Å²) >= 11 is 1.65. The molecule has 0 unspecified atom stereocenters. The molecule has 0 amide bonds. The van der Waals surface area contributed by atoms with E-state index in [2.05, 4.69) is 0 Å². The van der Waals surface area contributed by atoms with Crippen molar-refractivity contribution in [3.05, 3.63) is 35.6 Å². The van der Waals surface area contributed by atoms with Gasteiger partial charge in [0.1, 0.15) is 12.4 Å². The van der Waals surface area contributed by atoms with Crippen LogP contribution in [0, 0.1) is 5.82 Å². The predicted molar refractivity (Wildman–Crippen MR) is 75.9 cm³/mol. The topological polar surface area (TPSA) is 26.3 Å². The summed E-state index contributed by atoms with van der Waals surface area (Å²) in [4.78, 5) is 12.4. The van der Waals surface area contributed by atoms with E-state index in [9.17, 15) is 9.18 Å². The molecule has 1 aliphatic rings. The fraction of sp³-hybridized carbons (Fsp3) is 0.533. The number of esters is 1. The summed E-state index contributed by atoms with van der Waals surface area (Å²) in [5, 5.41) is 0. The minimum Gasteiger partial charge on any atom is -0.464 e. The Hall–Kier alpha value is -1.03. The Morgan fingerprint density at radius 2 is 2.16 bits per heavy atom. The van der Waals surface area contributed by atoms with Crippen molar-refractivity contribution in [2.75, 3.05) is 18.6 Å². The molecule has 2 nitrogen and oxygen atoms in total. The van der Waals surface area contributed by atoms with Crippen molar-refractivity contribution >= 4 is 17.7 Å². The van der Waals surface area contributed by atoms with Crippen LogP contribution in [0.4, 0.5) is 4.39 Å². The van der Waals surface area contributed by atoms with Crippen molar-refractivity contribution in [2.24, 2.45) is 0 Å². The molecule has 0 N–H and O–H groups in total. The smallest absolute Gasteiger partial charge is 0.316 e. The van der Waals surface area contributed by atoms with E-state index in [0.29, 0.717) is 6.61 Å². The monoisotopic (exact) mass is 282 g/mol. The summed E-state index contributed by atoms with van der Waals surface area (Å²) < 4.78 is 18.8. The highest BCUT2D eigenvalue weighted by molar-refractivity contribution is 7.98. The molecule has 0 heterocycles. The van der Waals surface area contributed by atoms with Crippen LogP contribution < -0.4 is 0 Å². The van der Waals surface area contributed by atoms with Gasteiger partial charge in [-0.25, -0.2) is 4.39 Å². The first-order valence-electron chi connectivity index (χ1n) is 6.61. The number of carbonyl (C=O) groups excluding carboxylic acids is 1. The van der Waals surface area contributed by atoms with E-state index in [-0.39, 0.29) is 11.8 Å². The second kappa shape index (κ2) is 6.42. The number of benzene rings is 1. The van der Waals surface area contributed by atoms with Gasteiger partial charge in [0.05, 0.1) is 5.41 Å². The lowest BCUT2D eigenvalue weighted by Gasteiger charge is -2.27. The molecule has 1 saturated carbocycles. The number of ether oxygens (including phenoxy) is 1. The average molecular weight is 282 g/mol. The van der Waals surface area contributed by atoms with Crippen LogP contribution in [0.2, 0.25) is 0 Å². The maximum atomic E-state index is 13.4. The van der Waals surface area contributed by atoms with E-state index in [0.717, 1.165) is 37.0 Å². The largest absolute Gasteiger partial charge is 0.464 e. The second-order valence-electron chi connectivity index (χ2n) is 4.93. The lowest BCUT2D eigenvalue weighted by Crippen LogP contribution is -2.35. The molecule has 1 fully saturated rings. The van der Waals surface area contributed by atoms with Gasteiger partial charge in [0.15, 0.2) is 0 Å². The second-order valence-corrected chi connectivity index (χ2v) is 5.91. The molecule has 0 aromatic heterocycles. The van der Waals surface area contributed by atoms with Gasteiger partial charge < -0.3 is 4.74 Å². The van der Waals surface area contributed by atoms with Gasteiger partial charge in [-0.05, 0) is 36.8 Å². The summed E-state index contributed by atoms with van der Waals surface area (Å²) in [6.07, 6.45) is 5.48. The van der Waals surface area contributed by atoms with Gasteiger partial charge in [0, 0.05) is 5.75 Å². The third-order valence-electron chi connectivity index (χ3n) is 3.75. The van der Waals surface area contributed by atoms with Gasteiger partial charge in [0.2, 0.25) is 0 Å². The normalized spacial score (nSPS) is 17.4. The van der Waals surface area contributed by atoms with Crippen LogP contribution in [0.1, 0.15) is 31.2 Å². The van der Waals surface area contributed by atoms with Gasteiger partial charge >= 0.3 is 5.97 Å². The van der Waals surface area contributed by atoms with Gasteiger partial charge in [-0.1, -0.05) is 25.0 Å². The minimum atomic E-state index is -0.624. The maximum absolute atomic E-state index is 13.4. The van der Waals surface area contributed by atoms with E-state index < -0.39 is 5.41 Å². The fourth-order valence-electron chi connectivity index (χ4n) is 2.73. The quantitative estimate of drug-likeness (QED) is 0.610. The summed E-state index contributed by atoms with van der Waals surface area (Å²) in [7, 11) is 0. The number of halogens is 1. The number of rotatable bonds is 5. The highest BCUT2D eigenvalue weighted by Gasteiger charge is 2.44. The third kappa shape index (κ3) is 3.11. The molecule has 0 radical (unpaired) electrons. The van der Waals surface area contributed by atoms with Crippen LogP contribution in [-0.2, 0) is 14.9 Å². The molecule has 0 spiro atoms. The maximum Gasteiger partial charge on any atom is 0.316 e. The summed E-state index contributed by atoms with van der Waals surface area (Å²) in [5.74, 6) is 0.315. The zero-order chi connectivity index (χ0) is 13.7. The van der Waals surface area contributed by atoms with Crippen LogP contribution >= 0.6 is 11.8 Å². The number of hydrogen-bond donors (Lipinski definition) is 0. The molecular formula is C15H19FO2S. The van der Waals surface area contributed by atoms with E-state index >= 15 is 0 Å². The summed E-state index contributed by atoms with van der Waals surface area (Å²) in [5.41, 5.74) is 0.139. The molecule has 4 heteroatoms. The fourth-order valence-corrected chi connectivity index (χ4v) is 2.98. The highest BCUT2D eigenvalue weighted by Crippen LogP contribution is 2.42. The molecule has 1 aliphatic carbocycles. The van der Waals surface area contributed by atoms with Crippen molar-refractivity contribution in [3.8, 4) is 0 Å². The summed E-state index contributed by atoms with van der Waals surface area (Å²) in [6.45, 7) is 0.428. The van der Waals surface area contributed by atoms with Crippen molar-refractivity contribution in [2.45, 2.75) is 31.1 Å². The zero-order valence-electron chi connectivity index (χ0n) is 11.2. The van der Waals surface area contributed by atoms with Gasteiger partial charge in [-0.3, -0.25) is 4.79 Å².